The van der Waals surface area contributed by atoms with Crippen molar-refractivity contribution in [3.8, 4) is 5.75 Å². The van der Waals surface area contributed by atoms with Gasteiger partial charge in [0.15, 0.2) is 0 Å². The largest absolute Gasteiger partial charge is 0.496 e. The molecule has 0 atom stereocenters. The van der Waals surface area contributed by atoms with Crippen molar-refractivity contribution in [1.29, 1.82) is 0 Å². The van der Waals surface area contributed by atoms with E-state index in [0.29, 0.717) is 13.0 Å². The summed E-state index contributed by atoms with van der Waals surface area (Å²) in [5.41, 5.74) is 3.61. The van der Waals surface area contributed by atoms with E-state index in [1.165, 1.54) is 21.9 Å². The molecular formula is C24H27NO2. The van der Waals surface area contributed by atoms with E-state index in [4.69, 9.17) is 4.74 Å². The van der Waals surface area contributed by atoms with Gasteiger partial charge in [0.05, 0.1) is 7.11 Å². The van der Waals surface area contributed by atoms with E-state index in [0.717, 1.165) is 30.6 Å². The summed E-state index contributed by atoms with van der Waals surface area (Å²) in [6, 6.07) is 21.0. The predicted molar refractivity (Wildman–Crippen MR) is 111 cm³/mol. The van der Waals surface area contributed by atoms with Crippen LogP contribution in [-0.2, 0) is 17.6 Å². The summed E-state index contributed by atoms with van der Waals surface area (Å²) in [6.45, 7) is 2.74. The van der Waals surface area contributed by atoms with Crippen molar-refractivity contribution in [2.24, 2.45) is 0 Å². The molecule has 0 saturated heterocycles. The highest BCUT2D eigenvalue weighted by Gasteiger charge is 2.05. The number of hydrogen-bond donors (Lipinski definition) is 1. The van der Waals surface area contributed by atoms with Gasteiger partial charge in [-0.15, -0.1) is 0 Å². The van der Waals surface area contributed by atoms with Crippen LogP contribution in [0.25, 0.3) is 10.8 Å². The van der Waals surface area contributed by atoms with Crippen LogP contribution in [0.1, 0.15) is 29.5 Å². The summed E-state index contributed by atoms with van der Waals surface area (Å²) in [5, 5.41) is 5.62. The van der Waals surface area contributed by atoms with Gasteiger partial charge in [0.2, 0.25) is 5.91 Å². The smallest absolute Gasteiger partial charge is 0.220 e. The number of amides is 1. The van der Waals surface area contributed by atoms with Crippen molar-refractivity contribution in [2.45, 2.75) is 32.6 Å². The molecule has 140 valence electrons. The van der Waals surface area contributed by atoms with Crippen molar-refractivity contribution < 1.29 is 9.53 Å². The van der Waals surface area contributed by atoms with Gasteiger partial charge in [0.25, 0.3) is 0 Å². The number of carbonyl (C=O) groups is 1. The molecule has 1 N–H and O–H groups in total. The number of fused-ring (bicyclic) bond motifs is 1. The van der Waals surface area contributed by atoms with Crippen LogP contribution in [0.3, 0.4) is 0 Å². The van der Waals surface area contributed by atoms with Gasteiger partial charge >= 0.3 is 0 Å². The van der Waals surface area contributed by atoms with Gasteiger partial charge in [-0.3, -0.25) is 4.79 Å². The lowest BCUT2D eigenvalue weighted by Gasteiger charge is -2.09. The van der Waals surface area contributed by atoms with Gasteiger partial charge < -0.3 is 10.1 Å². The number of rotatable bonds is 8. The summed E-state index contributed by atoms with van der Waals surface area (Å²) in [5.74, 6) is 0.998. The van der Waals surface area contributed by atoms with Gasteiger partial charge in [0, 0.05) is 13.0 Å². The summed E-state index contributed by atoms with van der Waals surface area (Å²) in [6.07, 6.45) is 3.18. The lowest BCUT2D eigenvalue weighted by Crippen LogP contribution is -2.25. The molecule has 1 amide bonds. The highest BCUT2D eigenvalue weighted by atomic mass is 16.5. The Hall–Kier alpha value is -2.81. The quantitative estimate of drug-likeness (QED) is 0.583. The van der Waals surface area contributed by atoms with Gasteiger partial charge in [-0.1, -0.05) is 54.6 Å². The second kappa shape index (κ2) is 9.22. The second-order valence-electron chi connectivity index (χ2n) is 6.90. The molecule has 0 unspecified atom stereocenters. The lowest BCUT2D eigenvalue weighted by atomic mass is 10.0. The van der Waals surface area contributed by atoms with E-state index in [1.54, 1.807) is 7.11 Å². The van der Waals surface area contributed by atoms with E-state index < -0.39 is 0 Å². The second-order valence-corrected chi connectivity index (χ2v) is 6.90. The maximum absolute atomic E-state index is 12.1. The zero-order valence-corrected chi connectivity index (χ0v) is 16.1. The molecular weight excluding hydrogens is 334 g/mol. The molecule has 0 fully saturated rings. The number of benzene rings is 3. The van der Waals surface area contributed by atoms with Crippen LogP contribution in [-0.4, -0.2) is 19.6 Å². The normalized spacial score (nSPS) is 10.7. The third-order valence-electron chi connectivity index (χ3n) is 4.92. The predicted octanol–water partition coefficient (Wildman–Crippen LogP) is 4.84. The molecule has 0 saturated carbocycles. The fourth-order valence-corrected chi connectivity index (χ4v) is 3.46. The zero-order valence-electron chi connectivity index (χ0n) is 16.1. The number of nitrogens with one attached hydrogen (secondary N) is 1. The van der Waals surface area contributed by atoms with Crippen LogP contribution in [0.2, 0.25) is 0 Å². The maximum atomic E-state index is 12.1. The van der Waals surface area contributed by atoms with Gasteiger partial charge in [0.1, 0.15) is 5.75 Å². The highest BCUT2D eigenvalue weighted by molar-refractivity contribution is 5.85. The molecule has 0 bridgehead atoms. The third-order valence-corrected chi connectivity index (χ3v) is 4.92. The Kier molecular flexibility index (Phi) is 6.48. The first kappa shape index (κ1) is 19.0. The van der Waals surface area contributed by atoms with E-state index >= 15 is 0 Å². The Morgan fingerprint density at radius 3 is 2.63 bits per heavy atom. The lowest BCUT2D eigenvalue weighted by molar-refractivity contribution is -0.121. The molecule has 27 heavy (non-hydrogen) atoms. The van der Waals surface area contributed by atoms with Crippen LogP contribution in [0, 0.1) is 6.92 Å². The topological polar surface area (TPSA) is 38.3 Å². The fourth-order valence-electron chi connectivity index (χ4n) is 3.46. The monoisotopic (exact) mass is 361 g/mol. The Labute approximate surface area is 161 Å². The molecule has 0 aliphatic carbocycles. The first-order valence-electron chi connectivity index (χ1n) is 9.54. The van der Waals surface area contributed by atoms with E-state index in [2.05, 4.69) is 53.8 Å². The minimum absolute atomic E-state index is 0.112. The number of aryl methyl sites for hydroxylation is 3. The first-order chi connectivity index (χ1) is 13.2. The first-order valence-corrected chi connectivity index (χ1v) is 9.54. The van der Waals surface area contributed by atoms with Crippen LogP contribution in [0.4, 0.5) is 0 Å². The summed E-state index contributed by atoms with van der Waals surface area (Å²) < 4.78 is 5.27. The molecule has 0 aromatic heterocycles. The Bertz CT molecular complexity index is 912. The highest BCUT2D eigenvalue weighted by Crippen LogP contribution is 2.20. The zero-order chi connectivity index (χ0) is 19.1. The summed E-state index contributed by atoms with van der Waals surface area (Å²) >= 11 is 0. The Balaban J connectivity index is 1.42. The molecule has 3 heteroatoms. The molecule has 3 nitrogen and oxygen atoms in total. The molecule has 0 spiro atoms. The molecule has 3 aromatic rings. The van der Waals surface area contributed by atoms with Gasteiger partial charge in [-0.05, 0) is 59.7 Å². The third kappa shape index (κ3) is 5.10. The number of ether oxygens (including phenoxy) is 1. The van der Waals surface area contributed by atoms with Crippen molar-refractivity contribution in [3.05, 3.63) is 77.4 Å². The van der Waals surface area contributed by atoms with Gasteiger partial charge in [-0.2, -0.15) is 0 Å². The molecule has 3 rings (SSSR count). The Morgan fingerprint density at radius 1 is 1.00 bits per heavy atom. The van der Waals surface area contributed by atoms with E-state index in [-0.39, 0.29) is 5.91 Å². The van der Waals surface area contributed by atoms with Crippen molar-refractivity contribution >= 4 is 16.7 Å². The number of methoxy groups -OCH3 is 1. The van der Waals surface area contributed by atoms with Crippen molar-refractivity contribution in [2.75, 3.05) is 13.7 Å². The minimum atomic E-state index is 0.112. The van der Waals surface area contributed by atoms with Crippen LogP contribution < -0.4 is 10.1 Å². The molecule has 0 aliphatic rings. The van der Waals surface area contributed by atoms with Gasteiger partial charge in [-0.25, -0.2) is 0 Å². The van der Waals surface area contributed by atoms with Crippen molar-refractivity contribution in [3.63, 3.8) is 0 Å². The minimum Gasteiger partial charge on any atom is -0.496 e. The fraction of sp³-hybridized carbons (Fsp3) is 0.292. The average Bonchev–Trinajstić information content (AvgIpc) is 2.70. The molecule has 0 heterocycles. The SMILES string of the molecule is COc1ccc(CCC(=O)NCCCc2cccc3ccccc23)cc1C. The van der Waals surface area contributed by atoms with Crippen molar-refractivity contribution in [1.82, 2.24) is 5.32 Å². The molecule has 0 radical (unpaired) electrons. The average molecular weight is 361 g/mol. The maximum Gasteiger partial charge on any atom is 0.220 e. The Morgan fingerprint density at radius 2 is 1.81 bits per heavy atom. The molecule has 0 aliphatic heterocycles. The molecule has 3 aromatic carbocycles. The van der Waals surface area contributed by atoms with E-state index in [1.807, 2.05) is 19.1 Å². The van der Waals surface area contributed by atoms with Crippen LogP contribution in [0.5, 0.6) is 5.75 Å². The summed E-state index contributed by atoms with van der Waals surface area (Å²) in [7, 11) is 1.67. The van der Waals surface area contributed by atoms with Crippen LogP contribution >= 0.6 is 0 Å². The number of hydrogen-bond acceptors (Lipinski definition) is 2. The standard InChI is InChI=1S/C24H27NO2/c1-18-17-19(12-14-23(18)27-2)13-15-24(26)25-16-6-10-21-9-5-8-20-7-3-4-11-22(20)21/h3-5,7-9,11-12,14,17H,6,10,13,15-16H2,1-2H3,(H,25,26). The van der Waals surface area contributed by atoms with E-state index in [9.17, 15) is 4.79 Å². The van der Waals surface area contributed by atoms with Crippen LogP contribution in [0.15, 0.2) is 60.7 Å². The summed E-state index contributed by atoms with van der Waals surface area (Å²) in [4.78, 5) is 12.1. The number of carbonyl (C=O) groups excluding carboxylic acids is 1.